The SMILES string of the molecule is Cc1csc(CNc2c(C)cccc2C)n1. The molecule has 0 aliphatic heterocycles. The first-order valence-electron chi connectivity index (χ1n) is 5.38. The number of nitrogens with one attached hydrogen (secondary N) is 1. The third kappa shape index (κ3) is 2.42. The van der Waals surface area contributed by atoms with Crippen LogP contribution in [0.15, 0.2) is 23.6 Å². The van der Waals surface area contributed by atoms with Crippen LogP contribution in [0.5, 0.6) is 0 Å². The van der Waals surface area contributed by atoms with Crippen molar-refractivity contribution in [2.45, 2.75) is 27.3 Å². The maximum Gasteiger partial charge on any atom is 0.112 e. The fourth-order valence-electron chi connectivity index (χ4n) is 1.74. The smallest absolute Gasteiger partial charge is 0.112 e. The number of para-hydroxylation sites is 1. The van der Waals surface area contributed by atoms with Crippen molar-refractivity contribution in [1.29, 1.82) is 0 Å². The summed E-state index contributed by atoms with van der Waals surface area (Å²) in [6, 6.07) is 6.34. The van der Waals surface area contributed by atoms with Crippen molar-refractivity contribution in [2.75, 3.05) is 5.32 Å². The molecular weight excluding hydrogens is 216 g/mol. The number of nitrogens with zero attached hydrogens (tertiary/aromatic N) is 1. The van der Waals surface area contributed by atoms with E-state index in [9.17, 15) is 0 Å². The zero-order chi connectivity index (χ0) is 11.5. The summed E-state index contributed by atoms with van der Waals surface area (Å²) in [4.78, 5) is 4.44. The Morgan fingerprint density at radius 2 is 1.88 bits per heavy atom. The first-order chi connectivity index (χ1) is 7.66. The molecule has 1 aromatic carbocycles. The van der Waals surface area contributed by atoms with E-state index in [-0.39, 0.29) is 0 Å². The van der Waals surface area contributed by atoms with Crippen LogP contribution in [-0.2, 0) is 6.54 Å². The maximum absolute atomic E-state index is 4.44. The van der Waals surface area contributed by atoms with E-state index in [1.54, 1.807) is 11.3 Å². The molecule has 1 N–H and O–H groups in total. The molecule has 0 radical (unpaired) electrons. The number of aromatic nitrogens is 1. The van der Waals surface area contributed by atoms with Gasteiger partial charge < -0.3 is 5.32 Å². The second-order valence-electron chi connectivity index (χ2n) is 4.00. The van der Waals surface area contributed by atoms with E-state index in [0.29, 0.717) is 0 Å². The number of benzene rings is 1. The Morgan fingerprint density at radius 3 is 2.44 bits per heavy atom. The predicted octanol–water partition coefficient (Wildman–Crippen LogP) is 3.68. The molecule has 0 spiro atoms. The largest absolute Gasteiger partial charge is 0.378 e. The van der Waals surface area contributed by atoms with Crippen molar-refractivity contribution < 1.29 is 0 Å². The van der Waals surface area contributed by atoms with Crippen molar-refractivity contribution >= 4 is 17.0 Å². The summed E-state index contributed by atoms with van der Waals surface area (Å²) in [6.07, 6.45) is 0. The summed E-state index contributed by atoms with van der Waals surface area (Å²) < 4.78 is 0. The zero-order valence-corrected chi connectivity index (χ0v) is 10.7. The molecule has 16 heavy (non-hydrogen) atoms. The van der Waals surface area contributed by atoms with Gasteiger partial charge in [0.15, 0.2) is 0 Å². The standard InChI is InChI=1S/C13H16N2S/c1-9-5-4-6-10(2)13(9)14-7-12-15-11(3)8-16-12/h4-6,8,14H,7H2,1-3H3. The molecule has 0 unspecified atom stereocenters. The van der Waals surface area contributed by atoms with Gasteiger partial charge in [-0.3, -0.25) is 0 Å². The van der Waals surface area contributed by atoms with E-state index in [0.717, 1.165) is 17.2 Å². The van der Waals surface area contributed by atoms with Gasteiger partial charge in [-0.25, -0.2) is 4.98 Å². The molecule has 1 aromatic heterocycles. The Hall–Kier alpha value is -1.35. The molecule has 2 rings (SSSR count). The minimum Gasteiger partial charge on any atom is -0.378 e. The average Bonchev–Trinajstić information content (AvgIpc) is 2.63. The van der Waals surface area contributed by atoms with Gasteiger partial charge in [0.1, 0.15) is 5.01 Å². The first kappa shape index (κ1) is 11.1. The number of anilines is 1. The number of aryl methyl sites for hydroxylation is 3. The second-order valence-corrected chi connectivity index (χ2v) is 4.95. The third-order valence-corrected chi connectivity index (χ3v) is 3.53. The average molecular weight is 232 g/mol. The Kier molecular flexibility index (Phi) is 3.25. The molecule has 0 atom stereocenters. The van der Waals surface area contributed by atoms with E-state index in [1.165, 1.54) is 16.8 Å². The first-order valence-corrected chi connectivity index (χ1v) is 6.26. The molecule has 1 heterocycles. The maximum atomic E-state index is 4.44. The minimum atomic E-state index is 0.810. The summed E-state index contributed by atoms with van der Waals surface area (Å²) >= 11 is 1.71. The van der Waals surface area contributed by atoms with Gasteiger partial charge in [-0.1, -0.05) is 18.2 Å². The summed E-state index contributed by atoms with van der Waals surface area (Å²) in [6.45, 7) is 7.09. The molecule has 0 bridgehead atoms. The van der Waals surface area contributed by atoms with E-state index in [2.05, 4.69) is 47.7 Å². The van der Waals surface area contributed by atoms with Gasteiger partial charge in [0.2, 0.25) is 0 Å². The Balaban J connectivity index is 2.10. The lowest BCUT2D eigenvalue weighted by Crippen LogP contribution is -2.02. The second kappa shape index (κ2) is 4.66. The fourth-order valence-corrected chi connectivity index (χ4v) is 2.45. The van der Waals surface area contributed by atoms with Crippen molar-refractivity contribution in [3.63, 3.8) is 0 Å². The quantitative estimate of drug-likeness (QED) is 0.873. The Labute approximate surface area is 100 Å². The van der Waals surface area contributed by atoms with E-state index in [1.807, 2.05) is 6.92 Å². The van der Waals surface area contributed by atoms with Gasteiger partial charge in [0, 0.05) is 16.8 Å². The molecule has 2 nitrogen and oxygen atoms in total. The highest BCUT2D eigenvalue weighted by Gasteiger charge is 2.03. The number of rotatable bonds is 3. The lowest BCUT2D eigenvalue weighted by Gasteiger charge is -2.11. The van der Waals surface area contributed by atoms with Crippen molar-refractivity contribution in [1.82, 2.24) is 4.98 Å². The number of hydrogen-bond donors (Lipinski definition) is 1. The normalized spacial score (nSPS) is 10.4. The lowest BCUT2D eigenvalue weighted by atomic mass is 10.1. The third-order valence-electron chi connectivity index (χ3n) is 2.56. The molecule has 3 heteroatoms. The van der Waals surface area contributed by atoms with Crippen LogP contribution in [0.3, 0.4) is 0 Å². The van der Waals surface area contributed by atoms with Gasteiger partial charge in [0.05, 0.1) is 6.54 Å². The van der Waals surface area contributed by atoms with Crippen LogP contribution >= 0.6 is 11.3 Å². The molecule has 84 valence electrons. The van der Waals surface area contributed by atoms with E-state index < -0.39 is 0 Å². The number of thiazole rings is 1. The zero-order valence-electron chi connectivity index (χ0n) is 9.87. The fraction of sp³-hybridized carbons (Fsp3) is 0.308. The monoisotopic (exact) mass is 232 g/mol. The molecule has 0 fully saturated rings. The van der Waals surface area contributed by atoms with Gasteiger partial charge in [-0.05, 0) is 31.9 Å². The van der Waals surface area contributed by atoms with Gasteiger partial charge >= 0.3 is 0 Å². The lowest BCUT2D eigenvalue weighted by molar-refractivity contribution is 1.07. The molecule has 0 saturated heterocycles. The van der Waals surface area contributed by atoms with Crippen molar-refractivity contribution in [2.24, 2.45) is 0 Å². The van der Waals surface area contributed by atoms with Crippen molar-refractivity contribution in [3.05, 3.63) is 45.4 Å². The molecule has 0 aliphatic carbocycles. The molecule has 0 aliphatic rings. The van der Waals surface area contributed by atoms with Gasteiger partial charge in [0.25, 0.3) is 0 Å². The van der Waals surface area contributed by atoms with Crippen LogP contribution in [0.4, 0.5) is 5.69 Å². The highest BCUT2D eigenvalue weighted by molar-refractivity contribution is 7.09. The van der Waals surface area contributed by atoms with Gasteiger partial charge in [-0.15, -0.1) is 11.3 Å². The molecule has 2 aromatic rings. The van der Waals surface area contributed by atoms with Crippen LogP contribution in [0.25, 0.3) is 0 Å². The summed E-state index contributed by atoms with van der Waals surface area (Å²) in [5.74, 6) is 0. The summed E-state index contributed by atoms with van der Waals surface area (Å²) in [5, 5.41) is 6.68. The van der Waals surface area contributed by atoms with E-state index >= 15 is 0 Å². The molecule has 0 saturated carbocycles. The van der Waals surface area contributed by atoms with Crippen LogP contribution in [0.1, 0.15) is 21.8 Å². The number of hydrogen-bond acceptors (Lipinski definition) is 3. The summed E-state index contributed by atoms with van der Waals surface area (Å²) in [5.41, 5.74) is 4.90. The van der Waals surface area contributed by atoms with Gasteiger partial charge in [-0.2, -0.15) is 0 Å². The Morgan fingerprint density at radius 1 is 1.19 bits per heavy atom. The molecular formula is C13H16N2S. The highest BCUT2D eigenvalue weighted by Crippen LogP contribution is 2.20. The van der Waals surface area contributed by atoms with Crippen LogP contribution in [0.2, 0.25) is 0 Å². The van der Waals surface area contributed by atoms with Crippen molar-refractivity contribution in [3.8, 4) is 0 Å². The molecule has 0 amide bonds. The van der Waals surface area contributed by atoms with Crippen LogP contribution in [-0.4, -0.2) is 4.98 Å². The topological polar surface area (TPSA) is 24.9 Å². The highest BCUT2D eigenvalue weighted by atomic mass is 32.1. The minimum absolute atomic E-state index is 0.810. The van der Waals surface area contributed by atoms with Crippen LogP contribution < -0.4 is 5.32 Å². The van der Waals surface area contributed by atoms with E-state index in [4.69, 9.17) is 0 Å². The Bertz CT molecular complexity index is 468. The predicted molar refractivity (Wildman–Crippen MR) is 70.1 cm³/mol. The van der Waals surface area contributed by atoms with Crippen LogP contribution in [0, 0.1) is 20.8 Å². The summed E-state index contributed by atoms with van der Waals surface area (Å²) in [7, 11) is 0.